The van der Waals surface area contributed by atoms with Gasteiger partial charge in [-0.1, -0.05) is 30.3 Å². The van der Waals surface area contributed by atoms with E-state index in [1.807, 2.05) is 18.2 Å². The fourth-order valence-electron chi connectivity index (χ4n) is 3.29. The van der Waals surface area contributed by atoms with Crippen LogP contribution in [0.1, 0.15) is 47.5 Å². The molecule has 0 spiro atoms. The molecule has 2 aromatic rings. The van der Waals surface area contributed by atoms with E-state index >= 15 is 0 Å². The highest BCUT2D eigenvalue weighted by Crippen LogP contribution is 2.36. The molecule has 1 saturated carbocycles. The van der Waals surface area contributed by atoms with E-state index in [-0.39, 0.29) is 5.56 Å². The zero-order chi connectivity index (χ0) is 16.9. The van der Waals surface area contributed by atoms with Crippen molar-refractivity contribution >= 4 is 5.97 Å². The van der Waals surface area contributed by atoms with Gasteiger partial charge in [0.05, 0.1) is 5.56 Å². The first kappa shape index (κ1) is 16.4. The van der Waals surface area contributed by atoms with E-state index in [1.165, 1.54) is 12.1 Å². The normalized spacial score (nSPS) is 20.4. The van der Waals surface area contributed by atoms with E-state index in [2.05, 4.69) is 6.58 Å². The number of hydrogen-bond donors (Lipinski definition) is 0. The molecule has 0 unspecified atom stereocenters. The number of carbonyl (C=O) groups excluding carboxylic acids is 1. The highest BCUT2D eigenvalue weighted by atomic mass is 19.1. The number of hydrogen-bond acceptors (Lipinski definition) is 2. The lowest BCUT2D eigenvalue weighted by Crippen LogP contribution is -2.14. The number of rotatable bonds is 4. The van der Waals surface area contributed by atoms with E-state index < -0.39 is 11.8 Å². The summed E-state index contributed by atoms with van der Waals surface area (Å²) in [7, 11) is 0. The number of ether oxygens (including phenoxy) is 1. The Morgan fingerprint density at radius 2 is 1.79 bits per heavy atom. The first-order valence-corrected chi connectivity index (χ1v) is 8.36. The maximum atomic E-state index is 14.4. The molecule has 3 rings (SSSR count). The Hall–Kier alpha value is -2.42. The van der Waals surface area contributed by atoms with Crippen LogP contribution in [0.4, 0.5) is 4.39 Å². The SMILES string of the molecule is C=CC1CCC(c2ccc(C(=O)Oc3ccccc3)c(F)c2)CC1. The summed E-state index contributed by atoms with van der Waals surface area (Å²) in [5.41, 5.74) is 0.939. The van der Waals surface area contributed by atoms with E-state index in [0.29, 0.717) is 17.6 Å². The van der Waals surface area contributed by atoms with Gasteiger partial charge in [0.2, 0.25) is 0 Å². The topological polar surface area (TPSA) is 26.3 Å². The zero-order valence-electron chi connectivity index (χ0n) is 13.6. The lowest BCUT2D eigenvalue weighted by atomic mass is 9.78. The van der Waals surface area contributed by atoms with Gasteiger partial charge < -0.3 is 4.74 Å². The van der Waals surface area contributed by atoms with Gasteiger partial charge in [-0.15, -0.1) is 6.58 Å². The largest absolute Gasteiger partial charge is 0.423 e. The fourth-order valence-corrected chi connectivity index (χ4v) is 3.29. The van der Waals surface area contributed by atoms with Crippen LogP contribution in [0.3, 0.4) is 0 Å². The van der Waals surface area contributed by atoms with E-state index in [1.54, 1.807) is 24.3 Å². The van der Waals surface area contributed by atoms with Crippen molar-refractivity contribution in [2.75, 3.05) is 0 Å². The first-order chi connectivity index (χ1) is 11.7. The van der Waals surface area contributed by atoms with Gasteiger partial charge >= 0.3 is 5.97 Å². The predicted molar refractivity (Wildman–Crippen MR) is 92.7 cm³/mol. The second-order valence-corrected chi connectivity index (χ2v) is 6.29. The Kier molecular flexibility index (Phi) is 5.09. The van der Waals surface area contributed by atoms with Gasteiger partial charge in [0, 0.05) is 0 Å². The van der Waals surface area contributed by atoms with E-state index in [9.17, 15) is 9.18 Å². The van der Waals surface area contributed by atoms with Crippen LogP contribution in [0.2, 0.25) is 0 Å². The molecule has 2 nitrogen and oxygen atoms in total. The molecule has 0 aromatic heterocycles. The highest BCUT2D eigenvalue weighted by molar-refractivity contribution is 5.91. The van der Waals surface area contributed by atoms with Crippen LogP contribution in [-0.2, 0) is 0 Å². The highest BCUT2D eigenvalue weighted by Gasteiger charge is 2.22. The third-order valence-electron chi connectivity index (χ3n) is 4.74. The van der Waals surface area contributed by atoms with Crippen molar-refractivity contribution in [2.24, 2.45) is 5.92 Å². The monoisotopic (exact) mass is 324 g/mol. The molecule has 0 atom stereocenters. The summed E-state index contributed by atoms with van der Waals surface area (Å²) in [6.45, 7) is 3.85. The molecule has 0 aliphatic heterocycles. The molecule has 3 heteroatoms. The molecule has 1 aliphatic carbocycles. The zero-order valence-corrected chi connectivity index (χ0v) is 13.6. The summed E-state index contributed by atoms with van der Waals surface area (Å²) in [4.78, 5) is 12.1. The number of benzene rings is 2. The van der Waals surface area contributed by atoms with E-state index in [4.69, 9.17) is 4.74 Å². The summed E-state index contributed by atoms with van der Waals surface area (Å²) in [5.74, 6) is 0.162. The van der Waals surface area contributed by atoms with Crippen molar-refractivity contribution in [3.63, 3.8) is 0 Å². The predicted octanol–water partition coefficient (Wildman–Crippen LogP) is 5.50. The van der Waals surface area contributed by atoms with Crippen LogP contribution >= 0.6 is 0 Å². The molecule has 0 N–H and O–H groups in total. The third kappa shape index (κ3) is 3.73. The second-order valence-electron chi connectivity index (χ2n) is 6.29. The standard InChI is InChI=1S/C21H21FO2/c1-2-15-8-10-16(11-9-15)17-12-13-19(20(22)14-17)21(23)24-18-6-4-3-5-7-18/h2-7,12-16H,1,8-11H2. The minimum atomic E-state index is -0.666. The molecular weight excluding hydrogens is 303 g/mol. The van der Waals surface area contributed by atoms with Gasteiger partial charge in [0.25, 0.3) is 0 Å². The van der Waals surface area contributed by atoms with Gasteiger partial charge in [0.1, 0.15) is 11.6 Å². The van der Waals surface area contributed by atoms with Crippen LogP contribution in [0.15, 0.2) is 61.2 Å². The number of carbonyl (C=O) groups is 1. The van der Waals surface area contributed by atoms with Crippen molar-refractivity contribution in [1.82, 2.24) is 0 Å². The first-order valence-electron chi connectivity index (χ1n) is 8.36. The Bertz CT molecular complexity index is 716. The molecule has 0 radical (unpaired) electrons. The van der Waals surface area contributed by atoms with Gasteiger partial charge in [0.15, 0.2) is 0 Å². The molecule has 124 valence electrons. The fraction of sp³-hybridized carbons (Fsp3) is 0.286. The lowest BCUT2D eigenvalue weighted by molar-refractivity contribution is 0.0730. The van der Waals surface area contributed by atoms with Gasteiger partial charge in [-0.25, -0.2) is 9.18 Å². The van der Waals surface area contributed by atoms with Gasteiger partial charge in [-0.05, 0) is 67.3 Å². The van der Waals surface area contributed by atoms with Gasteiger partial charge in [-0.2, -0.15) is 0 Å². The Morgan fingerprint density at radius 3 is 2.42 bits per heavy atom. The van der Waals surface area contributed by atoms with Gasteiger partial charge in [-0.3, -0.25) is 0 Å². The molecule has 0 saturated heterocycles. The molecule has 2 aromatic carbocycles. The molecular formula is C21H21FO2. The maximum absolute atomic E-state index is 14.4. The number of halogens is 1. The number of allylic oxidation sites excluding steroid dienone is 1. The molecule has 1 aliphatic rings. The Labute approximate surface area is 142 Å². The van der Waals surface area contributed by atoms with Crippen LogP contribution in [0.25, 0.3) is 0 Å². The molecule has 24 heavy (non-hydrogen) atoms. The van der Waals surface area contributed by atoms with Crippen LogP contribution in [0, 0.1) is 11.7 Å². The average molecular weight is 324 g/mol. The summed E-state index contributed by atoms with van der Waals surface area (Å²) in [6.07, 6.45) is 6.26. The third-order valence-corrected chi connectivity index (χ3v) is 4.74. The summed E-state index contributed by atoms with van der Waals surface area (Å²) in [6, 6.07) is 13.6. The second kappa shape index (κ2) is 7.43. The number of para-hydroxylation sites is 1. The molecule has 0 heterocycles. The average Bonchev–Trinajstić information content (AvgIpc) is 2.62. The van der Waals surface area contributed by atoms with Crippen LogP contribution in [0.5, 0.6) is 5.75 Å². The van der Waals surface area contributed by atoms with Crippen molar-refractivity contribution < 1.29 is 13.9 Å². The smallest absolute Gasteiger partial charge is 0.346 e. The van der Waals surface area contributed by atoms with Crippen LogP contribution < -0.4 is 4.74 Å². The minimum Gasteiger partial charge on any atom is -0.423 e. The molecule has 0 amide bonds. The quantitative estimate of drug-likeness (QED) is 0.421. The maximum Gasteiger partial charge on any atom is 0.346 e. The van der Waals surface area contributed by atoms with Crippen molar-refractivity contribution in [3.05, 3.63) is 78.1 Å². The molecule has 0 bridgehead atoms. The molecule has 1 fully saturated rings. The van der Waals surface area contributed by atoms with Crippen molar-refractivity contribution in [1.29, 1.82) is 0 Å². The van der Waals surface area contributed by atoms with Crippen molar-refractivity contribution in [2.45, 2.75) is 31.6 Å². The summed E-state index contributed by atoms with van der Waals surface area (Å²) < 4.78 is 19.6. The minimum absolute atomic E-state index is 0.0256. The number of esters is 1. The van der Waals surface area contributed by atoms with Crippen LogP contribution in [-0.4, -0.2) is 5.97 Å². The van der Waals surface area contributed by atoms with E-state index in [0.717, 1.165) is 31.2 Å². The lowest BCUT2D eigenvalue weighted by Gasteiger charge is -2.27. The Morgan fingerprint density at radius 1 is 1.08 bits per heavy atom. The van der Waals surface area contributed by atoms with Crippen molar-refractivity contribution in [3.8, 4) is 5.75 Å². The summed E-state index contributed by atoms with van der Waals surface area (Å²) in [5, 5.41) is 0. The Balaban J connectivity index is 1.70. The summed E-state index contributed by atoms with van der Waals surface area (Å²) >= 11 is 0.